The van der Waals surface area contributed by atoms with Crippen LogP contribution in [0.2, 0.25) is 0 Å². The maximum absolute atomic E-state index is 11.4. The largest absolute Gasteiger partial charge is 0.479 e. The Balaban J connectivity index is 2.56. The number of carbonyl (C=O) groups is 2. The molecular formula is C13H14BrNO4. The van der Waals surface area contributed by atoms with Gasteiger partial charge in [0, 0.05) is 10.5 Å². The molecule has 5 nitrogen and oxygen atoms in total. The summed E-state index contributed by atoms with van der Waals surface area (Å²) in [6.07, 6.45) is 1.29. The first-order valence-corrected chi connectivity index (χ1v) is 6.32. The molecule has 19 heavy (non-hydrogen) atoms. The van der Waals surface area contributed by atoms with E-state index in [1.54, 1.807) is 6.08 Å². The molecule has 0 aliphatic heterocycles. The molecule has 1 aromatic carbocycles. The number of halogens is 1. The van der Waals surface area contributed by atoms with E-state index in [1.807, 2.05) is 25.1 Å². The van der Waals surface area contributed by atoms with E-state index in [0.717, 1.165) is 15.6 Å². The number of aryl methyl sites for hydroxylation is 1. The van der Waals surface area contributed by atoms with Crippen LogP contribution in [0.4, 0.5) is 0 Å². The molecule has 0 radical (unpaired) electrons. The minimum atomic E-state index is -1.59. The molecule has 0 fully saturated rings. The Morgan fingerprint density at radius 3 is 2.74 bits per heavy atom. The monoisotopic (exact) mass is 327 g/mol. The van der Waals surface area contributed by atoms with Gasteiger partial charge in [0.1, 0.15) is 0 Å². The highest BCUT2D eigenvalue weighted by atomic mass is 79.9. The number of aliphatic carboxylic acids is 1. The average Bonchev–Trinajstić information content (AvgIpc) is 2.34. The lowest BCUT2D eigenvalue weighted by molar-refractivity contribution is -0.146. The van der Waals surface area contributed by atoms with Crippen molar-refractivity contribution in [2.75, 3.05) is 6.54 Å². The van der Waals surface area contributed by atoms with Gasteiger partial charge < -0.3 is 15.5 Å². The van der Waals surface area contributed by atoms with Crippen LogP contribution in [0, 0.1) is 6.92 Å². The first kappa shape index (κ1) is 15.4. The van der Waals surface area contributed by atoms with E-state index in [-0.39, 0.29) is 6.54 Å². The number of carboxylic acid groups (broad SMARTS) is 1. The topological polar surface area (TPSA) is 86.6 Å². The smallest absolute Gasteiger partial charge is 0.334 e. The number of benzene rings is 1. The maximum atomic E-state index is 11.4. The third kappa shape index (κ3) is 5.23. The zero-order chi connectivity index (χ0) is 14.4. The number of hydrogen-bond donors (Lipinski definition) is 3. The Labute approximate surface area is 119 Å². The molecule has 1 rings (SSSR count). The van der Waals surface area contributed by atoms with E-state index in [2.05, 4.69) is 21.2 Å². The summed E-state index contributed by atoms with van der Waals surface area (Å²) in [6.45, 7) is 1.63. The van der Waals surface area contributed by atoms with Crippen molar-refractivity contribution >= 4 is 33.9 Å². The number of aliphatic hydroxyl groups excluding tert-OH is 1. The Morgan fingerprint density at radius 1 is 1.47 bits per heavy atom. The van der Waals surface area contributed by atoms with Gasteiger partial charge in [-0.1, -0.05) is 28.1 Å². The van der Waals surface area contributed by atoms with Crippen LogP contribution in [0.5, 0.6) is 0 Å². The van der Waals surface area contributed by atoms with Gasteiger partial charge in [-0.15, -0.1) is 0 Å². The number of aliphatic hydroxyl groups is 1. The van der Waals surface area contributed by atoms with Gasteiger partial charge in [-0.3, -0.25) is 4.79 Å². The summed E-state index contributed by atoms with van der Waals surface area (Å²) in [5, 5.41) is 19.7. The highest BCUT2D eigenvalue weighted by molar-refractivity contribution is 9.10. The van der Waals surface area contributed by atoms with Crippen LogP contribution in [0.3, 0.4) is 0 Å². The average molecular weight is 328 g/mol. The summed E-state index contributed by atoms with van der Waals surface area (Å²) in [4.78, 5) is 21.7. The number of carboxylic acids is 1. The third-order valence-electron chi connectivity index (χ3n) is 2.32. The highest BCUT2D eigenvalue weighted by Crippen LogP contribution is 2.19. The normalized spacial score (nSPS) is 12.4. The second-order valence-electron chi connectivity index (χ2n) is 3.96. The predicted molar refractivity (Wildman–Crippen MR) is 74.6 cm³/mol. The van der Waals surface area contributed by atoms with E-state index in [9.17, 15) is 9.59 Å². The molecule has 3 N–H and O–H groups in total. The molecule has 0 saturated carbocycles. The Kier molecular flexibility index (Phi) is 5.72. The number of rotatable bonds is 5. The molecule has 0 aliphatic rings. The van der Waals surface area contributed by atoms with Crippen LogP contribution < -0.4 is 5.32 Å². The second kappa shape index (κ2) is 7.06. The number of nitrogens with one attached hydrogen (secondary N) is 1. The van der Waals surface area contributed by atoms with E-state index in [4.69, 9.17) is 10.2 Å². The highest BCUT2D eigenvalue weighted by Gasteiger charge is 2.12. The molecule has 0 aliphatic carbocycles. The first-order chi connectivity index (χ1) is 8.90. The van der Waals surface area contributed by atoms with Gasteiger partial charge in [-0.05, 0) is 30.2 Å². The third-order valence-corrected chi connectivity index (χ3v) is 3.01. The summed E-state index contributed by atoms with van der Waals surface area (Å²) in [6, 6.07) is 5.69. The van der Waals surface area contributed by atoms with Crippen LogP contribution in [-0.4, -0.2) is 34.7 Å². The molecule has 1 atom stereocenters. The molecule has 1 aromatic rings. The van der Waals surface area contributed by atoms with Gasteiger partial charge in [-0.25, -0.2) is 4.79 Å². The van der Waals surface area contributed by atoms with Gasteiger partial charge in [-0.2, -0.15) is 0 Å². The molecule has 0 aromatic heterocycles. The van der Waals surface area contributed by atoms with E-state index in [1.165, 1.54) is 6.08 Å². The summed E-state index contributed by atoms with van der Waals surface area (Å²) in [5.74, 6) is -1.83. The lowest BCUT2D eigenvalue weighted by atomic mass is 10.1. The standard InChI is InChI=1S/C13H14BrNO4/c1-8-2-3-9(10(14)6-8)4-5-12(17)15-7-11(16)13(18)19/h2-6,11,16H,7H2,1H3,(H,15,17)(H,18,19)/b5-4+/t11-/m0/s1. The molecule has 0 saturated heterocycles. The van der Waals surface area contributed by atoms with Crippen molar-refractivity contribution in [3.05, 3.63) is 39.9 Å². The van der Waals surface area contributed by atoms with Crippen molar-refractivity contribution in [2.45, 2.75) is 13.0 Å². The predicted octanol–water partition coefficient (Wildman–Crippen LogP) is 1.33. The second-order valence-corrected chi connectivity index (χ2v) is 4.81. The summed E-state index contributed by atoms with van der Waals surface area (Å²) in [7, 11) is 0. The van der Waals surface area contributed by atoms with Gasteiger partial charge >= 0.3 is 5.97 Å². The number of carbonyl (C=O) groups excluding carboxylic acids is 1. The van der Waals surface area contributed by atoms with Crippen LogP contribution in [0.15, 0.2) is 28.7 Å². The Morgan fingerprint density at radius 2 is 2.16 bits per heavy atom. The molecule has 6 heteroatoms. The fourth-order valence-corrected chi connectivity index (χ4v) is 1.90. The summed E-state index contributed by atoms with van der Waals surface area (Å²) >= 11 is 3.38. The van der Waals surface area contributed by atoms with E-state index >= 15 is 0 Å². The fraction of sp³-hybridized carbons (Fsp3) is 0.231. The first-order valence-electron chi connectivity index (χ1n) is 5.53. The lowest BCUT2D eigenvalue weighted by Gasteiger charge is -2.05. The van der Waals surface area contributed by atoms with Crippen molar-refractivity contribution in [2.24, 2.45) is 0 Å². The molecule has 0 bridgehead atoms. The van der Waals surface area contributed by atoms with Gasteiger partial charge in [0.15, 0.2) is 6.10 Å². The van der Waals surface area contributed by atoms with Crippen LogP contribution in [-0.2, 0) is 9.59 Å². The van der Waals surface area contributed by atoms with Crippen LogP contribution >= 0.6 is 15.9 Å². The molecule has 1 amide bonds. The van der Waals surface area contributed by atoms with Crippen molar-refractivity contribution in [3.8, 4) is 0 Å². The zero-order valence-corrected chi connectivity index (χ0v) is 11.8. The van der Waals surface area contributed by atoms with Crippen molar-refractivity contribution in [1.29, 1.82) is 0 Å². The van der Waals surface area contributed by atoms with Crippen molar-refractivity contribution in [1.82, 2.24) is 5.32 Å². The SMILES string of the molecule is Cc1ccc(/C=C/C(=O)NC[C@H](O)C(=O)O)c(Br)c1. The summed E-state index contributed by atoms with van der Waals surface area (Å²) < 4.78 is 0.863. The molecule has 0 unspecified atom stereocenters. The summed E-state index contributed by atoms with van der Waals surface area (Å²) in [5.41, 5.74) is 1.93. The zero-order valence-electron chi connectivity index (χ0n) is 10.3. The number of amides is 1. The molecule has 0 heterocycles. The minimum Gasteiger partial charge on any atom is -0.479 e. The fourth-order valence-electron chi connectivity index (χ4n) is 1.28. The van der Waals surface area contributed by atoms with Crippen molar-refractivity contribution in [3.63, 3.8) is 0 Å². The minimum absolute atomic E-state index is 0.326. The maximum Gasteiger partial charge on any atom is 0.334 e. The Bertz CT molecular complexity index is 513. The van der Waals surface area contributed by atoms with E-state index < -0.39 is 18.0 Å². The Hall–Kier alpha value is -1.66. The molecule has 0 spiro atoms. The van der Waals surface area contributed by atoms with Crippen molar-refractivity contribution < 1.29 is 19.8 Å². The lowest BCUT2D eigenvalue weighted by Crippen LogP contribution is -2.35. The molecule has 102 valence electrons. The van der Waals surface area contributed by atoms with Gasteiger partial charge in [0.05, 0.1) is 6.54 Å². The van der Waals surface area contributed by atoms with E-state index in [0.29, 0.717) is 0 Å². The van der Waals surface area contributed by atoms with Gasteiger partial charge in [0.25, 0.3) is 0 Å². The van der Waals surface area contributed by atoms with Gasteiger partial charge in [0.2, 0.25) is 5.91 Å². The van der Waals surface area contributed by atoms with Crippen LogP contribution in [0.1, 0.15) is 11.1 Å². The van der Waals surface area contributed by atoms with Crippen LogP contribution in [0.25, 0.3) is 6.08 Å². The number of hydrogen-bond acceptors (Lipinski definition) is 3. The quantitative estimate of drug-likeness (QED) is 0.712. The molecular weight excluding hydrogens is 314 g/mol.